The molecule has 3 nitrogen and oxygen atoms in total. The van der Waals surface area contributed by atoms with Crippen LogP contribution in [0.2, 0.25) is 0 Å². The van der Waals surface area contributed by atoms with E-state index >= 15 is 0 Å². The van der Waals surface area contributed by atoms with Gasteiger partial charge in [-0.3, -0.25) is 0 Å². The van der Waals surface area contributed by atoms with Crippen molar-refractivity contribution in [3.05, 3.63) is 12.2 Å². The Kier molecular flexibility index (Phi) is 8.55. The lowest BCUT2D eigenvalue weighted by molar-refractivity contribution is 0.164. The molecule has 0 heterocycles. The van der Waals surface area contributed by atoms with Gasteiger partial charge in [-0.05, 0) is 20.8 Å². The predicted octanol–water partition coefficient (Wildman–Crippen LogP) is 2.72. The van der Waals surface area contributed by atoms with E-state index in [0.717, 1.165) is 0 Å². The number of rotatable bonds is 2. The molecule has 0 fully saturated rings. The van der Waals surface area contributed by atoms with Crippen LogP contribution in [0.15, 0.2) is 12.2 Å². The third kappa shape index (κ3) is 8.92. The molecule has 3 heteroatoms. The van der Waals surface area contributed by atoms with Gasteiger partial charge in [-0.15, -0.1) is 0 Å². The number of allylic oxidation sites excluding steroid dienone is 1. The first-order valence-corrected chi connectivity index (χ1v) is 4.52. The summed E-state index contributed by atoms with van der Waals surface area (Å²) < 4.78 is 4.45. The monoisotopic (exact) mass is 187 g/mol. The molecule has 0 aliphatic rings. The topological polar surface area (TPSA) is 38.3 Å². The number of hydrogen-bond acceptors (Lipinski definition) is 2. The second-order valence-corrected chi connectivity index (χ2v) is 2.84. The molecule has 0 saturated heterocycles. The molecule has 0 aromatic carbocycles. The lowest BCUT2D eigenvalue weighted by Gasteiger charge is -2.20. The number of carbonyl (C=O) groups is 1. The summed E-state index contributed by atoms with van der Waals surface area (Å²) in [5, 5.41) is 2.66. The zero-order valence-electron chi connectivity index (χ0n) is 9.47. The van der Waals surface area contributed by atoms with E-state index in [2.05, 4.69) is 10.1 Å². The minimum atomic E-state index is -0.409. The van der Waals surface area contributed by atoms with Crippen LogP contribution in [0.5, 0.6) is 0 Å². The summed E-state index contributed by atoms with van der Waals surface area (Å²) in [6.07, 6.45) is 3.37. The number of methoxy groups -OCH3 is 1. The highest BCUT2D eigenvalue weighted by molar-refractivity contribution is 5.68. The highest BCUT2D eigenvalue weighted by Crippen LogP contribution is 2.03. The minimum absolute atomic E-state index is 0.332. The lowest BCUT2D eigenvalue weighted by Crippen LogP contribution is -2.41. The van der Waals surface area contributed by atoms with E-state index in [1.165, 1.54) is 7.11 Å². The van der Waals surface area contributed by atoms with Gasteiger partial charge in [0.05, 0.1) is 12.6 Å². The standard InChI is InChI=1S/C8H15NO2.C2H6/c1-5-6-8(2,3)9-7(10)11-4;1-2/h5-6H,1-4H3,(H,9,10);1-2H3/b6-5+;. The van der Waals surface area contributed by atoms with Crippen molar-refractivity contribution >= 4 is 6.09 Å². The van der Waals surface area contributed by atoms with Crippen LogP contribution in [-0.2, 0) is 4.74 Å². The Balaban J connectivity index is 0. The molecular formula is C10H21NO2. The molecule has 1 N–H and O–H groups in total. The zero-order valence-corrected chi connectivity index (χ0v) is 9.47. The first-order chi connectivity index (χ1) is 6.02. The second-order valence-electron chi connectivity index (χ2n) is 2.84. The summed E-state index contributed by atoms with van der Waals surface area (Å²) in [5.74, 6) is 0. The minimum Gasteiger partial charge on any atom is -0.453 e. The Labute approximate surface area is 81.2 Å². The van der Waals surface area contributed by atoms with Gasteiger partial charge in [0.25, 0.3) is 0 Å². The van der Waals surface area contributed by atoms with Gasteiger partial charge in [-0.25, -0.2) is 4.79 Å². The highest BCUT2D eigenvalue weighted by Gasteiger charge is 2.15. The van der Waals surface area contributed by atoms with E-state index in [-0.39, 0.29) is 5.54 Å². The molecule has 0 aliphatic heterocycles. The van der Waals surface area contributed by atoms with Gasteiger partial charge >= 0.3 is 6.09 Å². The van der Waals surface area contributed by atoms with Gasteiger partial charge in [-0.1, -0.05) is 26.0 Å². The molecule has 0 unspecified atom stereocenters. The first kappa shape index (κ1) is 14.5. The van der Waals surface area contributed by atoms with E-state index in [0.29, 0.717) is 0 Å². The van der Waals surface area contributed by atoms with Crippen molar-refractivity contribution < 1.29 is 9.53 Å². The van der Waals surface area contributed by atoms with Gasteiger partial charge in [-0.2, -0.15) is 0 Å². The summed E-state index contributed by atoms with van der Waals surface area (Å²) in [7, 11) is 1.35. The molecule has 0 aromatic rings. The largest absolute Gasteiger partial charge is 0.453 e. The molecule has 0 rings (SSSR count). The van der Waals surface area contributed by atoms with Crippen molar-refractivity contribution in [3.8, 4) is 0 Å². The third-order valence-corrected chi connectivity index (χ3v) is 1.19. The van der Waals surface area contributed by atoms with E-state index in [1.807, 2.05) is 46.8 Å². The van der Waals surface area contributed by atoms with Crippen molar-refractivity contribution in [3.63, 3.8) is 0 Å². The summed E-state index contributed by atoms with van der Waals surface area (Å²) in [5.41, 5.74) is -0.332. The van der Waals surface area contributed by atoms with Crippen LogP contribution in [0, 0.1) is 0 Å². The fourth-order valence-corrected chi connectivity index (χ4v) is 0.772. The molecule has 0 radical (unpaired) electrons. The van der Waals surface area contributed by atoms with E-state index < -0.39 is 6.09 Å². The van der Waals surface area contributed by atoms with Crippen LogP contribution < -0.4 is 5.32 Å². The predicted molar refractivity (Wildman–Crippen MR) is 55.8 cm³/mol. The van der Waals surface area contributed by atoms with E-state index in [9.17, 15) is 4.79 Å². The van der Waals surface area contributed by atoms with Crippen LogP contribution in [0.4, 0.5) is 4.79 Å². The van der Waals surface area contributed by atoms with Crippen molar-refractivity contribution in [1.29, 1.82) is 0 Å². The number of amides is 1. The van der Waals surface area contributed by atoms with Gasteiger partial charge in [0.2, 0.25) is 0 Å². The maximum atomic E-state index is 10.7. The summed E-state index contributed by atoms with van der Waals surface area (Å²) in [4.78, 5) is 10.7. The molecule has 0 saturated carbocycles. The van der Waals surface area contributed by atoms with Crippen LogP contribution in [0.25, 0.3) is 0 Å². The quantitative estimate of drug-likeness (QED) is 0.675. The molecule has 0 spiro atoms. The molecule has 0 bridgehead atoms. The fraction of sp³-hybridized carbons (Fsp3) is 0.700. The van der Waals surface area contributed by atoms with Crippen LogP contribution in [-0.4, -0.2) is 18.7 Å². The average Bonchev–Trinajstić information content (AvgIpc) is 2.07. The number of carbonyl (C=O) groups excluding carboxylic acids is 1. The Morgan fingerprint density at radius 3 is 2.15 bits per heavy atom. The summed E-state index contributed by atoms with van der Waals surface area (Å²) in [6, 6.07) is 0. The van der Waals surface area contributed by atoms with Gasteiger partial charge in [0, 0.05) is 0 Å². The molecule has 0 aliphatic carbocycles. The normalized spacial score (nSPS) is 10.3. The number of hydrogen-bond donors (Lipinski definition) is 1. The Bertz CT molecular complexity index is 162. The molecule has 0 aromatic heterocycles. The van der Waals surface area contributed by atoms with Crippen molar-refractivity contribution in [1.82, 2.24) is 5.32 Å². The Morgan fingerprint density at radius 2 is 1.85 bits per heavy atom. The van der Waals surface area contributed by atoms with Gasteiger partial charge < -0.3 is 10.1 Å². The van der Waals surface area contributed by atoms with E-state index in [1.54, 1.807) is 0 Å². The number of alkyl carbamates (subject to hydrolysis) is 1. The second kappa shape index (κ2) is 7.65. The summed E-state index contributed by atoms with van der Waals surface area (Å²) in [6.45, 7) is 9.69. The molecule has 13 heavy (non-hydrogen) atoms. The van der Waals surface area contributed by atoms with Crippen molar-refractivity contribution in [2.24, 2.45) is 0 Å². The maximum Gasteiger partial charge on any atom is 0.407 e. The van der Waals surface area contributed by atoms with Gasteiger partial charge in [0.15, 0.2) is 0 Å². The number of nitrogens with one attached hydrogen (secondary N) is 1. The first-order valence-electron chi connectivity index (χ1n) is 4.52. The molecule has 0 atom stereocenters. The van der Waals surface area contributed by atoms with Gasteiger partial charge in [0.1, 0.15) is 0 Å². The molecule has 1 amide bonds. The number of ether oxygens (including phenoxy) is 1. The highest BCUT2D eigenvalue weighted by atomic mass is 16.5. The zero-order chi connectivity index (χ0) is 10.9. The Morgan fingerprint density at radius 1 is 1.38 bits per heavy atom. The van der Waals surface area contributed by atoms with Crippen molar-refractivity contribution in [2.75, 3.05) is 7.11 Å². The SMILES string of the molecule is C/C=C/C(C)(C)NC(=O)OC.CC. The Hall–Kier alpha value is -0.990. The maximum absolute atomic E-state index is 10.7. The van der Waals surface area contributed by atoms with Crippen LogP contribution >= 0.6 is 0 Å². The summed E-state index contributed by atoms with van der Waals surface area (Å²) >= 11 is 0. The molecular weight excluding hydrogens is 166 g/mol. The van der Waals surface area contributed by atoms with E-state index in [4.69, 9.17) is 0 Å². The lowest BCUT2D eigenvalue weighted by atomic mass is 10.1. The molecule has 78 valence electrons. The van der Waals surface area contributed by atoms with Crippen LogP contribution in [0.3, 0.4) is 0 Å². The smallest absolute Gasteiger partial charge is 0.407 e. The van der Waals surface area contributed by atoms with Crippen LogP contribution in [0.1, 0.15) is 34.6 Å². The van der Waals surface area contributed by atoms with Crippen molar-refractivity contribution in [2.45, 2.75) is 40.2 Å². The third-order valence-electron chi connectivity index (χ3n) is 1.19. The average molecular weight is 187 g/mol. The fourth-order valence-electron chi connectivity index (χ4n) is 0.772.